The van der Waals surface area contributed by atoms with Crippen LogP contribution in [0.15, 0.2) is 24.3 Å². The smallest absolute Gasteiger partial charge is 0.391 e. The van der Waals surface area contributed by atoms with Gasteiger partial charge in [0.15, 0.2) is 0 Å². The first-order valence-corrected chi connectivity index (χ1v) is 6.97. The van der Waals surface area contributed by atoms with Crippen molar-refractivity contribution >= 4 is 11.6 Å². The monoisotopic (exact) mass is 301 g/mol. The normalized spacial score (nSPS) is 22.9. The molecule has 1 fully saturated rings. The summed E-state index contributed by atoms with van der Waals surface area (Å²) in [7, 11) is 0. The Morgan fingerprint density at radius 1 is 1.24 bits per heavy atom. The summed E-state index contributed by atoms with van der Waals surface area (Å²) in [5, 5.41) is 11.7. The molecule has 2 rings (SSSR count). The van der Waals surface area contributed by atoms with E-state index in [1.165, 1.54) is 0 Å². The molecule has 3 nitrogen and oxygen atoms in total. The largest absolute Gasteiger partial charge is 0.392 e. The van der Waals surface area contributed by atoms with E-state index in [9.17, 15) is 18.0 Å². The van der Waals surface area contributed by atoms with Crippen molar-refractivity contribution in [3.8, 4) is 0 Å². The van der Waals surface area contributed by atoms with E-state index in [2.05, 4.69) is 5.32 Å². The van der Waals surface area contributed by atoms with Gasteiger partial charge in [0.1, 0.15) is 0 Å². The van der Waals surface area contributed by atoms with Crippen LogP contribution in [0.4, 0.5) is 18.9 Å². The number of aliphatic hydroxyl groups excluding tert-OH is 1. The average molecular weight is 301 g/mol. The fourth-order valence-corrected chi connectivity index (χ4v) is 2.67. The lowest BCUT2D eigenvalue weighted by molar-refractivity contribution is -0.184. The number of carbonyl (C=O) groups excluding carboxylic acids is 1. The number of halogens is 3. The predicted molar refractivity (Wildman–Crippen MR) is 72.5 cm³/mol. The number of aliphatic hydroxyl groups is 1. The summed E-state index contributed by atoms with van der Waals surface area (Å²) in [6.45, 7) is -0.125. The van der Waals surface area contributed by atoms with E-state index < -0.39 is 12.1 Å². The molecule has 0 aliphatic heterocycles. The highest BCUT2D eigenvalue weighted by Crippen LogP contribution is 2.39. The Labute approximate surface area is 121 Å². The third-order valence-electron chi connectivity index (χ3n) is 3.94. The van der Waals surface area contributed by atoms with Crippen LogP contribution in [0, 0.1) is 11.8 Å². The maximum absolute atomic E-state index is 12.6. The van der Waals surface area contributed by atoms with Gasteiger partial charge >= 0.3 is 6.18 Å². The summed E-state index contributed by atoms with van der Waals surface area (Å²) in [6.07, 6.45) is -3.61. The minimum Gasteiger partial charge on any atom is -0.392 e. The van der Waals surface area contributed by atoms with Gasteiger partial charge in [-0.2, -0.15) is 13.2 Å². The molecule has 0 atom stereocenters. The molecule has 1 aromatic rings. The average Bonchev–Trinajstić information content (AvgIpc) is 2.46. The zero-order chi connectivity index (χ0) is 15.5. The molecule has 116 valence electrons. The summed E-state index contributed by atoms with van der Waals surface area (Å²) >= 11 is 0. The van der Waals surface area contributed by atoms with Gasteiger partial charge in [-0.05, 0) is 43.4 Å². The van der Waals surface area contributed by atoms with Gasteiger partial charge in [0.2, 0.25) is 5.91 Å². The summed E-state index contributed by atoms with van der Waals surface area (Å²) in [4.78, 5) is 12.1. The molecule has 0 heterocycles. The Bertz CT molecular complexity index is 494. The van der Waals surface area contributed by atoms with Gasteiger partial charge in [0.25, 0.3) is 0 Å². The number of hydrogen-bond donors (Lipinski definition) is 2. The summed E-state index contributed by atoms with van der Waals surface area (Å²) in [5.41, 5.74) is 1.23. The highest BCUT2D eigenvalue weighted by Gasteiger charge is 2.42. The van der Waals surface area contributed by atoms with E-state index in [-0.39, 0.29) is 44.1 Å². The van der Waals surface area contributed by atoms with Gasteiger partial charge < -0.3 is 10.4 Å². The van der Waals surface area contributed by atoms with Gasteiger partial charge in [-0.15, -0.1) is 0 Å². The molecular weight excluding hydrogens is 283 g/mol. The minimum absolute atomic E-state index is 0.0122. The molecule has 0 bridgehead atoms. The van der Waals surface area contributed by atoms with Crippen molar-refractivity contribution in [2.45, 2.75) is 38.5 Å². The first-order valence-electron chi connectivity index (χ1n) is 6.97. The van der Waals surface area contributed by atoms with Crippen LogP contribution < -0.4 is 5.32 Å². The summed E-state index contributed by atoms with van der Waals surface area (Å²) in [5.74, 6) is -1.90. The number of rotatable bonds is 3. The third kappa shape index (κ3) is 4.20. The SMILES string of the molecule is O=C(Nc1cccc(CO)c1)C1CCC(C(F)(F)F)CC1. The molecule has 0 saturated heterocycles. The lowest BCUT2D eigenvalue weighted by atomic mass is 9.81. The van der Waals surface area contributed by atoms with Crippen molar-refractivity contribution in [1.82, 2.24) is 0 Å². The minimum atomic E-state index is -4.16. The maximum Gasteiger partial charge on any atom is 0.391 e. The Morgan fingerprint density at radius 3 is 2.48 bits per heavy atom. The van der Waals surface area contributed by atoms with E-state index in [1.54, 1.807) is 24.3 Å². The van der Waals surface area contributed by atoms with Crippen LogP contribution in [0.3, 0.4) is 0 Å². The fraction of sp³-hybridized carbons (Fsp3) is 0.533. The lowest BCUT2D eigenvalue weighted by Crippen LogP contribution is -2.32. The number of anilines is 1. The number of amides is 1. The molecule has 1 aliphatic rings. The van der Waals surface area contributed by atoms with E-state index in [0.29, 0.717) is 11.3 Å². The molecule has 1 saturated carbocycles. The molecule has 21 heavy (non-hydrogen) atoms. The van der Waals surface area contributed by atoms with E-state index in [4.69, 9.17) is 5.11 Å². The van der Waals surface area contributed by atoms with Gasteiger partial charge in [-0.3, -0.25) is 4.79 Å². The van der Waals surface area contributed by atoms with E-state index in [1.807, 2.05) is 0 Å². The second-order valence-corrected chi connectivity index (χ2v) is 5.44. The van der Waals surface area contributed by atoms with Crippen LogP contribution in [0.1, 0.15) is 31.2 Å². The molecule has 2 N–H and O–H groups in total. The van der Waals surface area contributed by atoms with Gasteiger partial charge in [0.05, 0.1) is 12.5 Å². The Kier molecular flexibility index (Phi) is 4.88. The number of alkyl halides is 3. The molecule has 6 heteroatoms. The molecule has 1 aromatic carbocycles. The van der Waals surface area contributed by atoms with Crippen LogP contribution >= 0.6 is 0 Å². The second kappa shape index (κ2) is 6.47. The maximum atomic E-state index is 12.6. The van der Waals surface area contributed by atoms with E-state index in [0.717, 1.165) is 0 Å². The quantitative estimate of drug-likeness (QED) is 0.898. The molecule has 1 amide bonds. The van der Waals surface area contributed by atoms with Crippen molar-refractivity contribution in [1.29, 1.82) is 0 Å². The summed E-state index contributed by atoms with van der Waals surface area (Å²) in [6, 6.07) is 6.78. The number of carbonyl (C=O) groups is 1. The number of benzene rings is 1. The van der Waals surface area contributed by atoms with Crippen molar-refractivity contribution in [2.75, 3.05) is 5.32 Å². The third-order valence-corrected chi connectivity index (χ3v) is 3.94. The Hall–Kier alpha value is -1.56. The topological polar surface area (TPSA) is 49.3 Å². The fourth-order valence-electron chi connectivity index (χ4n) is 2.67. The molecule has 0 aromatic heterocycles. The van der Waals surface area contributed by atoms with Gasteiger partial charge in [0, 0.05) is 11.6 Å². The molecule has 0 unspecified atom stereocenters. The predicted octanol–water partition coefficient (Wildman–Crippen LogP) is 3.49. The molecule has 1 aliphatic carbocycles. The van der Waals surface area contributed by atoms with Gasteiger partial charge in [-0.25, -0.2) is 0 Å². The summed E-state index contributed by atoms with van der Waals surface area (Å²) < 4.78 is 37.7. The zero-order valence-electron chi connectivity index (χ0n) is 11.5. The van der Waals surface area contributed by atoms with Crippen LogP contribution in [-0.4, -0.2) is 17.2 Å². The second-order valence-electron chi connectivity index (χ2n) is 5.44. The van der Waals surface area contributed by atoms with Crippen molar-refractivity contribution in [3.05, 3.63) is 29.8 Å². The van der Waals surface area contributed by atoms with E-state index >= 15 is 0 Å². The molecule has 0 spiro atoms. The van der Waals surface area contributed by atoms with Crippen molar-refractivity contribution in [2.24, 2.45) is 11.8 Å². The Morgan fingerprint density at radius 2 is 1.90 bits per heavy atom. The van der Waals surface area contributed by atoms with Crippen LogP contribution in [0.5, 0.6) is 0 Å². The first-order chi connectivity index (χ1) is 9.90. The highest BCUT2D eigenvalue weighted by molar-refractivity contribution is 5.92. The van der Waals surface area contributed by atoms with Crippen LogP contribution in [-0.2, 0) is 11.4 Å². The lowest BCUT2D eigenvalue weighted by Gasteiger charge is -2.29. The van der Waals surface area contributed by atoms with Crippen LogP contribution in [0.25, 0.3) is 0 Å². The van der Waals surface area contributed by atoms with Gasteiger partial charge in [-0.1, -0.05) is 12.1 Å². The Balaban J connectivity index is 1.90. The van der Waals surface area contributed by atoms with Crippen molar-refractivity contribution in [3.63, 3.8) is 0 Å². The number of hydrogen-bond acceptors (Lipinski definition) is 2. The van der Waals surface area contributed by atoms with Crippen molar-refractivity contribution < 1.29 is 23.1 Å². The standard InChI is InChI=1S/C15H18F3NO2/c16-15(17,18)12-6-4-11(5-7-12)14(21)19-13-3-1-2-10(8-13)9-20/h1-3,8,11-12,20H,4-7,9H2,(H,19,21). The zero-order valence-corrected chi connectivity index (χ0v) is 11.5. The molecular formula is C15H18F3NO2. The first kappa shape index (κ1) is 15.8. The number of nitrogens with one attached hydrogen (secondary N) is 1. The highest BCUT2D eigenvalue weighted by atomic mass is 19.4. The molecule has 0 radical (unpaired) electrons. The van der Waals surface area contributed by atoms with Crippen LogP contribution in [0.2, 0.25) is 0 Å².